The number of H-pyrrole nitrogens is 1. The Hall–Kier alpha value is -1.55. The largest absolute Gasteiger partial charge is 0.341 e. The molecule has 0 unspecified atom stereocenters. The molecule has 0 spiro atoms. The van der Waals surface area contributed by atoms with E-state index >= 15 is 0 Å². The molecule has 0 aliphatic carbocycles. The molecule has 3 nitrogen and oxygen atoms in total. The second kappa shape index (κ2) is 5.83. The number of nitrogens with zero attached hydrogens (tertiary/aromatic N) is 1. The van der Waals surface area contributed by atoms with Crippen LogP contribution in [-0.4, -0.2) is 9.97 Å². The fourth-order valence-electron chi connectivity index (χ4n) is 2.08. The molecule has 1 aromatic heterocycles. The fraction of sp³-hybridized carbons (Fsp3) is 0.133. The molecule has 0 fully saturated rings. The summed E-state index contributed by atoms with van der Waals surface area (Å²) in [5, 5.41) is 4.71. The summed E-state index contributed by atoms with van der Waals surface area (Å²) < 4.78 is 0. The third-order valence-electron chi connectivity index (χ3n) is 3.05. The zero-order valence-electron chi connectivity index (χ0n) is 10.7. The first-order chi connectivity index (χ1) is 9.72. The monoisotopic (exact) mass is 305 g/mol. The highest BCUT2D eigenvalue weighted by Crippen LogP contribution is 2.20. The van der Waals surface area contributed by atoms with Crippen LogP contribution in [0.2, 0.25) is 10.0 Å². The van der Waals surface area contributed by atoms with Gasteiger partial charge >= 0.3 is 0 Å². The Labute approximate surface area is 126 Å². The van der Waals surface area contributed by atoms with Crippen LogP contribution < -0.4 is 5.32 Å². The van der Waals surface area contributed by atoms with Crippen molar-refractivity contribution in [3.05, 3.63) is 63.9 Å². The summed E-state index contributed by atoms with van der Waals surface area (Å²) in [7, 11) is 0. The molecule has 2 N–H and O–H groups in total. The Bertz CT molecular complexity index is 704. The number of imidazole rings is 1. The topological polar surface area (TPSA) is 40.7 Å². The zero-order chi connectivity index (χ0) is 13.9. The van der Waals surface area contributed by atoms with E-state index < -0.39 is 0 Å². The normalized spacial score (nSPS) is 11.1. The molecular weight excluding hydrogens is 293 g/mol. The molecule has 3 rings (SSSR count). The van der Waals surface area contributed by atoms with Crippen LogP contribution in [0.25, 0.3) is 11.0 Å². The Balaban J connectivity index is 1.66. The number of hydrogen-bond donors (Lipinski definition) is 2. The van der Waals surface area contributed by atoms with Crippen LogP contribution in [0.3, 0.4) is 0 Å². The molecule has 1 heterocycles. The van der Waals surface area contributed by atoms with Gasteiger partial charge in [-0.05, 0) is 35.9 Å². The van der Waals surface area contributed by atoms with Crippen LogP contribution in [-0.2, 0) is 13.1 Å². The van der Waals surface area contributed by atoms with Crippen molar-refractivity contribution in [2.45, 2.75) is 13.1 Å². The molecule has 0 amide bonds. The van der Waals surface area contributed by atoms with E-state index in [1.165, 1.54) is 0 Å². The van der Waals surface area contributed by atoms with Crippen molar-refractivity contribution in [1.82, 2.24) is 15.3 Å². The van der Waals surface area contributed by atoms with E-state index in [2.05, 4.69) is 15.3 Å². The third-order valence-corrected chi connectivity index (χ3v) is 3.66. The Morgan fingerprint density at radius 2 is 1.90 bits per heavy atom. The van der Waals surface area contributed by atoms with Crippen LogP contribution in [0, 0.1) is 0 Å². The second-order valence-electron chi connectivity index (χ2n) is 4.54. The molecule has 0 atom stereocenters. The van der Waals surface area contributed by atoms with Gasteiger partial charge in [-0.1, -0.05) is 35.3 Å². The molecule has 0 bridgehead atoms. The lowest BCUT2D eigenvalue weighted by atomic mass is 10.2. The van der Waals surface area contributed by atoms with Crippen LogP contribution in [0.1, 0.15) is 11.4 Å². The molecular formula is C15H13Cl2N3. The summed E-state index contributed by atoms with van der Waals surface area (Å²) >= 11 is 12.1. The second-order valence-corrected chi connectivity index (χ2v) is 5.38. The first kappa shape index (κ1) is 13.4. The summed E-state index contributed by atoms with van der Waals surface area (Å²) in [6.07, 6.45) is 0. The minimum atomic E-state index is 0.649. The fourth-order valence-corrected chi connectivity index (χ4v) is 2.46. The summed E-state index contributed by atoms with van der Waals surface area (Å²) in [5.74, 6) is 0.907. The minimum Gasteiger partial charge on any atom is -0.341 e. The number of aromatic amines is 1. The summed E-state index contributed by atoms with van der Waals surface area (Å²) in [5.41, 5.74) is 3.01. The molecule has 5 heteroatoms. The third kappa shape index (κ3) is 2.96. The zero-order valence-corrected chi connectivity index (χ0v) is 12.2. The number of rotatable bonds is 4. The average molecular weight is 306 g/mol. The average Bonchev–Trinajstić information content (AvgIpc) is 2.85. The molecule has 0 saturated carbocycles. The molecule has 0 aliphatic heterocycles. The Kier molecular flexibility index (Phi) is 3.92. The van der Waals surface area contributed by atoms with E-state index in [4.69, 9.17) is 23.2 Å². The van der Waals surface area contributed by atoms with E-state index in [0.29, 0.717) is 23.1 Å². The van der Waals surface area contributed by atoms with Gasteiger partial charge < -0.3 is 10.3 Å². The Morgan fingerprint density at radius 3 is 2.75 bits per heavy atom. The van der Waals surface area contributed by atoms with Crippen molar-refractivity contribution >= 4 is 34.2 Å². The first-order valence-electron chi connectivity index (χ1n) is 6.30. The maximum atomic E-state index is 6.12. The molecule has 2 aromatic carbocycles. The predicted molar refractivity (Wildman–Crippen MR) is 83.1 cm³/mol. The van der Waals surface area contributed by atoms with E-state index in [9.17, 15) is 0 Å². The molecule has 0 aliphatic rings. The number of aromatic nitrogens is 2. The highest BCUT2D eigenvalue weighted by molar-refractivity contribution is 6.33. The minimum absolute atomic E-state index is 0.649. The van der Waals surface area contributed by atoms with Crippen molar-refractivity contribution < 1.29 is 0 Å². The number of benzene rings is 2. The lowest BCUT2D eigenvalue weighted by Crippen LogP contribution is -2.14. The van der Waals surface area contributed by atoms with Crippen molar-refractivity contribution in [3.63, 3.8) is 0 Å². The molecule has 0 saturated heterocycles. The van der Waals surface area contributed by atoms with Gasteiger partial charge in [0.05, 0.1) is 17.6 Å². The maximum Gasteiger partial charge on any atom is 0.121 e. The van der Waals surface area contributed by atoms with Gasteiger partial charge in [-0.3, -0.25) is 0 Å². The van der Waals surface area contributed by atoms with Gasteiger partial charge in [-0.15, -0.1) is 0 Å². The number of nitrogens with one attached hydrogen (secondary N) is 2. The van der Waals surface area contributed by atoms with Gasteiger partial charge in [-0.25, -0.2) is 4.98 Å². The van der Waals surface area contributed by atoms with Crippen molar-refractivity contribution in [1.29, 1.82) is 0 Å². The standard InChI is InChI=1S/C15H13Cl2N3/c16-11-5-6-12(17)10(7-11)8-18-9-15-19-13-3-1-2-4-14(13)20-15/h1-7,18H,8-9H2,(H,19,20). The number of halogens is 2. The van der Waals surface area contributed by atoms with Crippen LogP contribution in [0.4, 0.5) is 0 Å². The molecule has 102 valence electrons. The van der Waals surface area contributed by atoms with Gasteiger partial charge in [0.15, 0.2) is 0 Å². The predicted octanol–water partition coefficient (Wildman–Crippen LogP) is 4.16. The molecule has 0 radical (unpaired) electrons. The van der Waals surface area contributed by atoms with E-state index in [0.717, 1.165) is 22.4 Å². The van der Waals surface area contributed by atoms with Gasteiger partial charge in [0.25, 0.3) is 0 Å². The van der Waals surface area contributed by atoms with E-state index in [-0.39, 0.29) is 0 Å². The van der Waals surface area contributed by atoms with Gasteiger partial charge in [-0.2, -0.15) is 0 Å². The summed E-state index contributed by atoms with van der Waals surface area (Å²) in [6.45, 7) is 1.30. The van der Waals surface area contributed by atoms with Gasteiger partial charge in [0, 0.05) is 16.6 Å². The van der Waals surface area contributed by atoms with Crippen molar-refractivity contribution in [2.24, 2.45) is 0 Å². The molecule has 3 aromatic rings. The van der Waals surface area contributed by atoms with E-state index in [1.807, 2.05) is 36.4 Å². The first-order valence-corrected chi connectivity index (χ1v) is 7.06. The van der Waals surface area contributed by atoms with Crippen LogP contribution >= 0.6 is 23.2 Å². The lowest BCUT2D eigenvalue weighted by molar-refractivity contribution is 0.670. The van der Waals surface area contributed by atoms with E-state index in [1.54, 1.807) is 6.07 Å². The number of fused-ring (bicyclic) bond motifs is 1. The SMILES string of the molecule is Clc1ccc(Cl)c(CNCc2nc3ccccc3[nH]2)c1. The number of para-hydroxylation sites is 2. The highest BCUT2D eigenvalue weighted by Gasteiger charge is 2.04. The maximum absolute atomic E-state index is 6.12. The smallest absolute Gasteiger partial charge is 0.121 e. The van der Waals surface area contributed by atoms with Crippen molar-refractivity contribution in [2.75, 3.05) is 0 Å². The Morgan fingerprint density at radius 1 is 1.05 bits per heavy atom. The molecule has 20 heavy (non-hydrogen) atoms. The summed E-state index contributed by atoms with van der Waals surface area (Å²) in [4.78, 5) is 7.78. The van der Waals surface area contributed by atoms with Gasteiger partial charge in [0.1, 0.15) is 5.82 Å². The number of hydrogen-bond acceptors (Lipinski definition) is 2. The van der Waals surface area contributed by atoms with Crippen LogP contribution in [0.15, 0.2) is 42.5 Å². The lowest BCUT2D eigenvalue weighted by Gasteiger charge is -2.05. The quantitative estimate of drug-likeness (QED) is 0.760. The van der Waals surface area contributed by atoms with Crippen molar-refractivity contribution in [3.8, 4) is 0 Å². The highest BCUT2D eigenvalue weighted by atomic mass is 35.5. The van der Waals surface area contributed by atoms with Crippen LogP contribution in [0.5, 0.6) is 0 Å². The van der Waals surface area contributed by atoms with Gasteiger partial charge in [0.2, 0.25) is 0 Å². The summed E-state index contributed by atoms with van der Waals surface area (Å²) in [6, 6.07) is 13.4.